The van der Waals surface area contributed by atoms with Crippen LogP contribution >= 0.6 is 0 Å². The summed E-state index contributed by atoms with van der Waals surface area (Å²) >= 11 is 0. The second kappa shape index (κ2) is 55.2. The van der Waals surface area contributed by atoms with Crippen molar-refractivity contribution >= 4 is 5.91 Å². The molecule has 0 radical (unpaired) electrons. The molecule has 542 valence electrons. The normalized spacial score (nSPS) is 27.8. The summed E-state index contributed by atoms with van der Waals surface area (Å²) in [6.45, 7) is 1.73. The van der Waals surface area contributed by atoms with E-state index in [1.807, 2.05) is 6.08 Å². The fourth-order valence-electron chi connectivity index (χ4n) is 12.9. The average molecular weight is 1320 g/mol. The van der Waals surface area contributed by atoms with Gasteiger partial charge in [0.1, 0.15) is 73.2 Å². The van der Waals surface area contributed by atoms with Crippen LogP contribution in [0.3, 0.4) is 0 Å². The van der Waals surface area contributed by atoms with Crippen molar-refractivity contribution in [2.75, 3.05) is 26.4 Å². The molecular formula is C73H137NO18. The van der Waals surface area contributed by atoms with E-state index < -0.39 is 124 Å². The van der Waals surface area contributed by atoms with Crippen LogP contribution in [0.4, 0.5) is 0 Å². The summed E-state index contributed by atoms with van der Waals surface area (Å²) < 4.78 is 34.3. The largest absolute Gasteiger partial charge is 0.394 e. The average Bonchev–Trinajstić information content (AvgIpc) is 0.839. The number of hydrogen-bond acceptors (Lipinski definition) is 18. The monoisotopic (exact) mass is 1320 g/mol. The molecule has 0 bridgehead atoms. The van der Waals surface area contributed by atoms with E-state index in [-0.39, 0.29) is 18.9 Å². The molecule has 92 heavy (non-hydrogen) atoms. The van der Waals surface area contributed by atoms with E-state index in [1.54, 1.807) is 6.08 Å². The molecule has 1 amide bonds. The van der Waals surface area contributed by atoms with E-state index >= 15 is 0 Å². The molecule has 0 saturated carbocycles. The Morgan fingerprint density at radius 2 is 0.696 bits per heavy atom. The second-order valence-corrected chi connectivity index (χ2v) is 27.1. The van der Waals surface area contributed by atoms with Crippen molar-refractivity contribution in [3.8, 4) is 0 Å². The van der Waals surface area contributed by atoms with Crippen molar-refractivity contribution < 1.29 is 89.4 Å². The summed E-state index contributed by atoms with van der Waals surface area (Å²) in [6, 6.07) is -0.986. The van der Waals surface area contributed by atoms with Crippen LogP contribution in [-0.4, -0.2) is 193 Å². The van der Waals surface area contributed by atoms with Crippen molar-refractivity contribution in [1.82, 2.24) is 5.32 Å². The number of ether oxygens (including phenoxy) is 6. The smallest absolute Gasteiger partial charge is 0.220 e. The first-order chi connectivity index (χ1) is 44.8. The van der Waals surface area contributed by atoms with Gasteiger partial charge >= 0.3 is 0 Å². The van der Waals surface area contributed by atoms with Crippen LogP contribution in [0.1, 0.15) is 303 Å². The van der Waals surface area contributed by atoms with Crippen molar-refractivity contribution in [1.29, 1.82) is 0 Å². The van der Waals surface area contributed by atoms with Gasteiger partial charge < -0.3 is 89.9 Å². The third kappa shape index (κ3) is 36.2. The number of allylic oxidation sites excluding steroid dienone is 3. The van der Waals surface area contributed by atoms with Crippen LogP contribution in [0.25, 0.3) is 0 Å². The lowest BCUT2D eigenvalue weighted by molar-refractivity contribution is -0.379. The van der Waals surface area contributed by atoms with Crippen molar-refractivity contribution in [2.45, 2.75) is 407 Å². The van der Waals surface area contributed by atoms with Crippen molar-refractivity contribution in [3.63, 3.8) is 0 Å². The van der Waals surface area contributed by atoms with Gasteiger partial charge in [-0.25, -0.2) is 0 Å². The molecule has 17 atom stereocenters. The molecule has 17 unspecified atom stereocenters. The Hall–Kier alpha value is -1.73. The van der Waals surface area contributed by atoms with E-state index in [1.165, 1.54) is 231 Å². The zero-order chi connectivity index (χ0) is 66.8. The lowest BCUT2D eigenvalue weighted by Gasteiger charge is -2.48. The van der Waals surface area contributed by atoms with Gasteiger partial charge in [0.05, 0.1) is 38.6 Å². The minimum Gasteiger partial charge on any atom is -0.394 e. The number of nitrogens with one attached hydrogen (secondary N) is 1. The molecule has 0 aromatic carbocycles. The predicted octanol–water partition coefficient (Wildman–Crippen LogP) is 11.0. The topological polar surface area (TPSA) is 307 Å². The summed E-state index contributed by atoms with van der Waals surface area (Å²) in [4.78, 5) is 13.4. The third-order valence-corrected chi connectivity index (χ3v) is 19.0. The maximum absolute atomic E-state index is 13.4. The van der Waals surface area contributed by atoms with Gasteiger partial charge in [-0.2, -0.15) is 0 Å². The van der Waals surface area contributed by atoms with Gasteiger partial charge in [0.2, 0.25) is 5.91 Å². The molecule has 19 nitrogen and oxygen atoms in total. The highest BCUT2D eigenvalue weighted by Crippen LogP contribution is 2.33. The Morgan fingerprint density at radius 1 is 0.380 bits per heavy atom. The molecule has 3 aliphatic rings. The standard InChI is InChI=1S/C73H137NO18/c1-3-5-7-9-11-13-15-17-18-19-20-21-22-23-24-25-26-27-28-29-30-31-32-33-34-35-36-37-39-41-43-45-47-49-51-61(79)74-56(57(78)50-48-46-44-42-40-38-16-14-12-10-8-6-4-2)55-87-71-67(85)64(82)69(59(53-76)89-71)92-73-68(86)65(83)70(60(54-77)90-73)91-72-66(84)63(81)62(80)58(52-75)88-72/h40,42,48,50,56-60,62-73,75-78,80-86H,3-39,41,43-47,49,51-55H2,1-2H3,(H,74,79)/b42-40+,50-48+. The first-order valence-corrected chi connectivity index (χ1v) is 37.6. The number of carbonyl (C=O) groups is 1. The molecule has 3 aliphatic heterocycles. The highest BCUT2D eigenvalue weighted by molar-refractivity contribution is 5.76. The first kappa shape index (κ1) is 84.5. The SMILES string of the molecule is CCCCCCCCC/C=C/CC/C=C/C(O)C(COC1OC(CO)C(OC2OC(CO)C(OC3OC(CO)C(O)C(O)C3O)C(O)C2O)C(O)C1O)NC(=O)CCCCCCCCCCCCCCCCCCCCCCCCCCCCCCCCCCCC. The number of amides is 1. The van der Waals surface area contributed by atoms with E-state index in [0.717, 1.165) is 38.5 Å². The van der Waals surface area contributed by atoms with E-state index in [4.69, 9.17) is 28.4 Å². The highest BCUT2D eigenvalue weighted by Gasteiger charge is 2.53. The molecule has 0 spiro atoms. The lowest BCUT2D eigenvalue weighted by Crippen LogP contribution is -2.66. The van der Waals surface area contributed by atoms with Gasteiger partial charge in [-0.3, -0.25) is 4.79 Å². The van der Waals surface area contributed by atoms with Gasteiger partial charge in [0, 0.05) is 6.42 Å². The molecule has 0 aromatic rings. The number of hydrogen-bond donors (Lipinski definition) is 12. The molecule has 0 aromatic heterocycles. The van der Waals surface area contributed by atoms with Crippen LogP contribution in [0.15, 0.2) is 24.3 Å². The van der Waals surface area contributed by atoms with E-state index in [2.05, 4.69) is 31.3 Å². The maximum atomic E-state index is 13.4. The van der Waals surface area contributed by atoms with Crippen LogP contribution in [0.2, 0.25) is 0 Å². The predicted molar refractivity (Wildman–Crippen MR) is 360 cm³/mol. The van der Waals surface area contributed by atoms with Gasteiger partial charge in [0.25, 0.3) is 0 Å². The second-order valence-electron chi connectivity index (χ2n) is 27.1. The Kier molecular flexibility index (Phi) is 50.7. The first-order valence-electron chi connectivity index (χ1n) is 37.6. The number of aliphatic hydroxyl groups is 11. The molecule has 0 aliphatic carbocycles. The molecule has 3 saturated heterocycles. The summed E-state index contributed by atoms with van der Waals surface area (Å²) in [5, 5.41) is 120. The Morgan fingerprint density at radius 3 is 1.09 bits per heavy atom. The van der Waals surface area contributed by atoms with Crippen LogP contribution in [-0.2, 0) is 33.2 Å². The quantitative estimate of drug-likeness (QED) is 0.0199. The van der Waals surface area contributed by atoms with Crippen molar-refractivity contribution in [2.24, 2.45) is 0 Å². The molecule has 3 heterocycles. The fourth-order valence-corrected chi connectivity index (χ4v) is 12.9. The van der Waals surface area contributed by atoms with Gasteiger partial charge in [-0.15, -0.1) is 0 Å². The summed E-state index contributed by atoms with van der Waals surface area (Å²) in [6.07, 6.45) is 37.7. The molecular weight excluding hydrogens is 1180 g/mol. The van der Waals surface area contributed by atoms with Crippen LogP contribution in [0, 0.1) is 0 Å². The highest BCUT2D eigenvalue weighted by atomic mass is 16.8. The number of unbranched alkanes of at least 4 members (excludes halogenated alkanes) is 41. The Bertz CT molecular complexity index is 1760. The zero-order valence-electron chi connectivity index (χ0n) is 57.5. The van der Waals surface area contributed by atoms with Crippen LogP contribution in [0.5, 0.6) is 0 Å². The third-order valence-electron chi connectivity index (χ3n) is 19.0. The number of carbonyl (C=O) groups excluding carboxylic acids is 1. The van der Waals surface area contributed by atoms with Crippen LogP contribution < -0.4 is 5.32 Å². The zero-order valence-corrected chi connectivity index (χ0v) is 57.5. The molecule has 3 rings (SSSR count). The molecule has 19 heteroatoms. The molecule has 12 N–H and O–H groups in total. The summed E-state index contributed by atoms with van der Waals surface area (Å²) in [7, 11) is 0. The maximum Gasteiger partial charge on any atom is 0.220 e. The van der Waals surface area contributed by atoms with Gasteiger partial charge in [0.15, 0.2) is 18.9 Å². The van der Waals surface area contributed by atoms with E-state index in [0.29, 0.717) is 12.8 Å². The lowest BCUT2D eigenvalue weighted by atomic mass is 9.96. The minimum absolute atomic E-state index is 0.241. The van der Waals surface area contributed by atoms with Crippen molar-refractivity contribution in [3.05, 3.63) is 24.3 Å². The van der Waals surface area contributed by atoms with Gasteiger partial charge in [-0.1, -0.05) is 289 Å². The number of aliphatic hydroxyl groups excluding tert-OH is 11. The Labute approximate surface area is 556 Å². The number of rotatable bonds is 59. The Balaban J connectivity index is 1.32. The minimum atomic E-state index is -1.98. The van der Waals surface area contributed by atoms with E-state index in [9.17, 15) is 61.0 Å². The molecule has 3 fully saturated rings. The summed E-state index contributed by atoms with van der Waals surface area (Å²) in [5.74, 6) is -0.280. The fraction of sp³-hybridized carbons (Fsp3) is 0.932. The van der Waals surface area contributed by atoms with Gasteiger partial charge in [-0.05, 0) is 32.1 Å². The summed E-state index contributed by atoms with van der Waals surface area (Å²) in [5.41, 5.74) is 0.